The fraction of sp³-hybridized carbons (Fsp3) is 0.500. The van der Waals surface area contributed by atoms with Crippen LogP contribution in [0.3, 0.4) is 0 Å². The number of nitrogens with one attached hydrogen (secondary N) is 1. The van der Waals surface area contributed by atoms with E-state index < -0.39 is 0 Å². The van der Waals surface area contributed by atoms with E-state index in [0.29, 0.717) is 12.0 Å². The molecule has 2 aliphatic carbocycles. The molecule has 18 heavy (non-hydrogen) atoms. The summed E-state index contributed by atoms with van der Waals surface area (Å²) in [4.78, 5) is 1.37. The predicted molar refractivity (Wildman–Crippen MR) is 82.5 cm³/mol. The molecule has 2 bridgehead atoms. The van der Waals surface area contributed by atoms with Crippen molar-refractivity contribution in [3.63, 3.8) is 0 Å². The molecule has 2 rings (SSSR count). The minimum Gasteiger partial charge on any atom is -0.386 e. The van der Waals surface area contributed by atoms with Crippen molar-refractivity contribution in [2.24, 2.45) is 5.92 Å². The predicted octanol–water partition coefficient (Wildman–Crippen LogP) is 4.41. The Labute approximate surface area is 115 Å². The maximum atomic E-state index is 3.62. The van der Waals surface area contributed by atoms with Crippen molar-refractivity contribution < 1.29 is 0 Å². The number of rotatable bonds is 3. The molecule has 0 aromatic heterocycles. The van der Waals surface area contributed by atoms with E-state index in [0.717, 1.165) is 12.8 Å². The maximum Gasteiger partial charge on any atom is 0.0201 e. The molecule has 1 atom stereocenters. The van der Waals surface area contributed by atoms with Crippen molar-refractivity contribution >= 4 is 11.8 Å². The molecule has 1 unspecified atom stereocenters. The third-order valence-electron chi connectivity index (χ3n) is 3.53. The first-order valence-corrected chi connectivity index (χ1v) is 7.93. The summed E-state index contributed by atoms with van der Waals surface area (Å²) < 4.78 is 0. The van der Waals surface area contributed by atoms with E-state index >= 15 is 0 Å². The van der Waals surface area contributed by atoms with Gasteiger partial charge in [0.05, 0.1) is 0 Å². The molecule has 0 aromatic rings. The zero-order valence-corrected chi connectivity index (χ0v) is 12.6. The van der Waals surface area contributed by atoms with Gasteiger partial charge in [-0.1, -0.05) is 18.2 Å². The van der Waals surface area contributed by atoms with Gasteiger partial charge in [-0.2, -0.15) is 0 Å². The molecule has 0 amide bonds. The van der Waals surface area contributed by atoms with Crippen molar-refractivity contribution in [2.45, 2.75) is 39.7 Å². The van der Waals surface area contributed by atoms with Gasteiger partial charge in [-0.15, -0.1) is 11.8 Å². The lowest BCUT2D eigenvalue weighted by Gasteiger charge is -2.18. The highest BCUT2D eigenvalue weighted by Crippen LogP contribution is 2.32. The van der Waals surface area contributed by atoms with Crippen molar-refractivity contribution in [3.05, 3.63) is 46.1 Å². The molecule has 0 spiro atoms. The average molecular weight is 261 g/mol. The van der Waals surface area contributed by atoms with E-state index in [4.69, 9.17) is 0 Å². The summed E-state index contributed by atoms with van der Waals surface area (Å²) in [7, 11) is 0. The smallest absolute Gasteiger partial charge is 0.0201 e. The summed E-state index contributed by atoms with van der Waals surface area (Å²) >= 11 is 1.83. The summed E-state index contributed by atoms with van der Waals surface area (Å²) in [6.45, 7) is 6.69. The Balaban J connectivity index is 2.28. The first-order chi connectivity index (χ1) is 8.60. The van der Waals surface area contributed by atoms with Crippen molar-refractivity contribution in [2.75, 3.05) is 6.26 Å². The third-order valence-corrected chi connectivity index (χ3v) is 4.25. The lowest BCUT2D eigenvalue weighted by Crippen LogP contribution is -2.23. The van der Waals surface area contributed by atoms with Gasteiger partial charge in [0, 0.05) is 22.6 Å². The minimum atomic E-state index is 0.463. The molecule has 0 radical (unpaired) electrons. The molecule has 0 aromatic carbocycles. The number of fused-ring (bicyclic) bond motifs is 1. The number of allylic oxidation sites excluding steroid dienone is 7. The largest absolute Gasteiger partial charge is 0.386 e. The van der Waals surface area contributed by atoms with E-state index in [9.17, 15) is 0 Å². The lowest BCUT2D eigenvalue weighted by atomic mass is 9.98. The van der Waals surface area contributed by atoms with Gasteiger partial charge in [0.25, 0.3) is 0 Å². The molecule has 2 aliphatic rings. The van der Waals surface area contributed by atoms with E-state index in [2.05, 4.69) is 56.6 Å². The van der Waals surface area contributed by atoms with Gasteiger partial charge in [-0.25, -0.2) is 0 Å². The SMILES string of the molecule is CSC1=CC2=CC(C=C1)C(C)=C(NC(C)C)CC2. The standard InChI is InChI=1S/C16H23NS/c1-11(2)17-16-8-5-13-9-14(12(16)3)6-7-15(10-13)18-4/h6-7,9-11,14,17H,5,8H2,1-4H3. The van der Waals surface area contributed by atoms with Gasteiger partial charge in [0.2, 0.25) is 0 Å². The van der Waals surface area contributed by atoms with Crippen LogP contribution in [0.1, 0.15) is 33.6 Å². The molecule has 1 nitrogen and oxygen atoms in total. The Morgan fingerprint density at radius 3 is 2.78 bits per heavy atom. The fourth-order valence-electron chi connectivity index (χ4n) is 2.52. The molecular formula is C16H23NS. The molecule has 1 N–H and O–H groups in total. The lowest BCUT2D eigenvalue weighted by molar-refractivity contribution is 0.630. The topological polar surface area (TPSA) is 12.0 Å². The first kappa shape index (κ1) is 13.5. The second-order valence-electron chi connectivity index (χ2n) is 5.34. The molecule has 2 heteroatoms. The number of hydrogen-bond donors (Lipinski definition) is 1. The van der Waals surface area contributed by atoms with Crippen molar-refractivity contribution in [1.82, 2.24) is 5.32 Å². The summed E-state index contributed by atoms with van der Waals surface area (Å²) in [5.41, 5.74) is 4.40. The number of thioether (sulfide) groups is 1. The Morgan fingerprint density at radius 1 is 1.33 bits per heavy atom. The first-order valence-electron chi connectivity index (χ1n) is 6.71. The molecule has 98 valence electrons. The van der Waals surface area contributed by atoms with Crippen LogP contribution < -0.4 is 5.32 Å². The highest BCUT2D eigenvalue weighted by molar-refractivity contribution is 8.02. The van der Waals surface area contributed by atoms with E-state index in [1.165, 1.54) is 21.7 Å². The molecule has 0 aliphatic heterocycles. The quantitative estimate of drug-likeness (QED) is 0.807. The summed E-state index contributed by atoms with van der Waals surface area (Å²) in [6.07, 6.45) is 13.8. The number of hydrogen-bond acceptors (Lipinski definition) is 2. The van der Waals surface area contributed by atoms with Crippen LogP contribution in [0.25, 0.3) is 0 Å². The van der Waals surface area contributed by atoms with E-state index in [1.807, 2.05) is 11.8 Å². The Hall–Kier alpha value is -0.890. The van der Waals surface area contributed by atoms with Gasteiger partial charge in [0.15, 0.2) is 0 Å². The summed E-state index contributed by atoms with van der Waals surface area (Å²) in [5, 5.41) is 3.62. The minimum absolute atomic E-state index is 0.463. The van der Waals surface area contributed by atoms with Gasteiger partial charge in [-0.3, -0.25) is 0 Å². The van der Waals surface area contributed by atoms with Crippen LogP contribution in [0.4, 0.5) is 0 Å². The molecular weight excluding hydrogens is 238 g/mol. The second kappa shape index (κ2) is 5.83. The van der Waals surface area contributed by atoms with E-state index in [1.54, 1.807) is 0 Å². The van der Waals surface area contributed by atoms with Gasteiger partial charge < -0.3 is 5.32 Å². The molecule has 0 fully saturated rings. The molecule has 0 heterocycles. The van der Waals surface area contributed by atoms with Crippen LogP contribution >= 0.6 is 11.8 Å². The second-order valence-corrected chi connectivity index (χ2v) is 6.22. The third kappa shape index (κ3) is 3.11. The van der Waals surface area contributed by atoms with Crippen LogP contribution in [-0.2, 0) is 0 Å². The monoisotopic (exact) mass is 261 g/mol. The van der Waals surface area contributed by atoms with Crippen LogP contribution in [0.15, 0.2) is 46.1 Å². The summed E-state index contributed by atoms with van der Waals surface area (Å²) in [6, 6.07) is 0.515. The van der Waals surface area contributed by atoms with Gasteiger partial charge in [-0.05, 0) is 57.1 Å². The average Bonchev–Trinajstić information content (AvgIpc) is 2.62. The molecule has 0 saturated carbocycles. The van der Waals surface area contributed by atoms with Gasteiger partial charge in [0.1, 0.15) is 0 Å². The highest BCUT2D eigenvalue weighted by Gasteiger charge is 2.17. The zero-order valence-electron chi connectivity index (χ0n) is 11.8. The fourth-order valence-corrected chi connectivity index (χ4v) is 3.00. The molecule has 0 saturated heterocycles. The van der Waals surface area contributed by atoms with Gasteiger partial charge >= 0.3 is 0 Å². The Bertz CT molecular complexity index is 438. The van der Waals surface area contributed by atoms with Crippen LogP contribution in [0, 0.1) is 5.92 Å². The van der Waals surface area contributed by atoms with E-state index in [-0.39, 0.29) is 0 Å². The normalized spacial score (nSPS) is 23.5. The summed E-state index contributed by atoms with van der Waals surface area (Å²) in [5.74, 6) is 0.463. The van der Waals surface area contributed by atoms with Crippen molar-refractivity contribution in [1.29, 1.82) is 0 Å². The Kier molecular flexibility index (Phi) is 4.39. The Morgan fingerprint density at radius 2 is 2.11 bits per heavy atom. The highest BCUT2D eigenvalue weighted by atomic mass is 32.2. The van der Waals surface area contributed by atoms with Crippen molar-refractivity contribution in [3.8, 4) is 0 Å². The van der Waals surface area contributed by atoms with Crippen LogP contribution in [0.5, 0.6) is 0 Å². The zero-order chi connectivity index (χ0) is 13.1. The van der Waals surface area contributed by atoms with Crippen LogP contribution in [0.2, 0.25) is 0 Å². The maximum absolute atomic E-state index is 3.62. The van der Waals surface area contributed by atoms with Crippen LogP contribution in [-0.4, -0.2) is 12.3 Å².